The summed E-state index contributed by atoms with van der Waals surface area (Å²) in [5.74, 6) is 0. The summed E-state index contributed by atoms with van der Waals surface area (Å²) in [5.41, 5.74) is 21.7. The van der Waals surface area contributed by atoms with Gasteiger partial charge in [0.1, 0.15) is 0 Å². The second-order valence-corrected chi connectivity index (χ2v) is 25.0. The minimum atomic E-state index is -0.159. The molecule has 4 heteroatoms. The average molecular weight is 906 g/mol. The Bertz CT molecular complexity index is 3160. The van der Waals surface area contributed by atoms with Crippen molar-refractivity contribution in [1.29, 1.82) is 0 Å². The van der Waals surface area contributed by atoms with Crippen LogP contribution in [0.2, 0.25) is 0 Å². The van der Waals surface area contributed by atoms with Gasteiger partial charge in [0.25, 0.3) is 6.71 Å². The molecule has 1 fully saturated rings. The molecule has 2 unspecified atom stereocenters. The predicted molar refractivity (Wildman–Crippen MR) is 299 cm³/mol. The number of benzene rings is 7. The zero-order valence-electron chi connectivity index (χ0n) is 43.7. The summed E-state index contributed by atoms with van der Waals surface area (Å²) in [6, 6.07) is 59.2. The fraction of sp³-hybridized carbons (Fsp3) is 0.354. The molecule has 0 radical (unpaired) electrons. The van der Waals surface area contributed by atoms with E-state index in [1.165, 1.54) is 115 Å². The SMILES string of the molecule is CC(C)(C)c1cccc(N2c3cc(C(C)(C)C)ccc3B3c4ccccc4N(c4ccc(C(C)(C)C)cc4-c4ccccc4)c4cc(N5c6ccccc6C(C)(C)C6(C)CCCCC56C)cc2c43)c1. The molecule has 0 N–H and O–H groups in total. The minimum Gasteiger partial charge on any atom is -0.335 e. The number of rotatable bonds is 4. The highest BCUT2D eigenvalue weighted by Gasteiger charge is 2.62. The maximum Gasteiger partial charge on any atom is 0.252 e. The van der Waals surface area contributed by atoms with Crippen LogP contribution in [0.3, 0.4) is 0 Å². The Kier molecular flexibility index (Phi) is 10.2. The minimum absolute atomic E-state index is 0.00671. The van der Waals surface area contributed by atoms with Crippen LogP contribution >= 0.6 is 0 Å². The van der Waals surface area contributed by atoms with Crippen molar-refractivity contribution < 1.29 is 0 Å². The number of nitrogens with zero attached hydrogens (tertiary/aromatic N) is 3. The highest BCUT2D eigenvalue weighted by Crippen LogP contribution is 2.65. The van der Waals surface area contributed by atoms with Crippen molar-refractivity contribution in [1.82, 2.24) is 0 Å². The van der Waals surface area contributed by atoms with Gasteiger partial charge in [-0.15, -0.1) is 0 Å². The topological polar surface area (TPSA) is 9.72 Å². The highest BCUT2D eigenvalue weighted by molar-refractivity contribution is 7.00. The third-order valence-corrected chi connectivity index (χ3v) is 17.7. The maximum absolute atomic E-state index is 2.84. The number of para-hydroxylation sites is 2. The first-order valence-corrected chi connectivity index (χ1v) is 25.9. The summed E-state index contributed by atoms with van der Waals surface area (Å²) in [6.07, 6.45) is 4.79. The molecule has 7 aromatic carbocycles. The Morgan fingerprint density at radius 2 is 1.01 bits per heavy atom. The van der Waals surface area contributed by atoms with E-state index in [1.54, 1.807) is 0 Å². The van der Waals surface area contributed by atoms with E-state index in [4.69, 9.17) is 0 Å². The standard InChI is InChI=1S/C65H72BN3/c1-60(2,3)44-26-23-27-47(38-44)67-56-40-46(62(7,8)9)32-34-52(56)66-51-29-18-20-31-55(51)68(53-35-33-45(61(4,5)6)39-49(53)43-24-15-14-16-25-43)58-42-48(41-57(67)59(58)66)69-54-30-19-17-28-50(54)63(10,11)64(12)36-21-22-37-65(64,69)13/h14-20,23-35,38-42H,21-22,36-37H2,1-13H3. The van der Waals surface area contributed by atoms with Gasteiger partial charge in [-0.1, -0.05) is 193 Å². The summed E-state index contributed by atoms with van der Waals surface area (Å²) in [7, 11) is 0. The van der Waals surface area contributed by atoms with Crippen molar-refractivity contribution in [3.63, 3.8) is 0 Å². The lowest BCUT2D eigenvalue weighted by Crippen LogP contribution is -2.67. The number of hydrogen-bond donors (Lipinski definition) is 0. The monoisotopic (exact) mass is 906 g/mol. The molecule has 0 spiro atoms. The lowest BCUT2D eigenvalue weighted by atomic mass is 9.33. The van der Waals surface area contributed by atoms with E-state index in [1.807, 2.05) is 0 Å². The van der Waals surface area contributed by atoms with Crippen LogP contribution in [0.25, 0.3) is 11.1 Å². The largest absolute Gasteiger partial charge is 0.335 e. The van der Waals surface area contributed by atoms with Gasteiger partial charge in [-0.25, -0.2) is 0 Å². The molecule has 0 aromatic heterocycles. The van der Waals surface area contributed by atoms with Crippen molar-refractivity contribution in [2.24, 2.45) is 5.41 Å². The normalized spacial score (nSPS) is 20.4. The predicted octanol–water partition coefficient (Wildman–Crippen LogP) is 16.1. The molecular weight excluding hydrogens is 834 g/mol. The molecule has 2 atom stereocenters. The zero-order chi connectivity index (χ0) is 48.6. The molecule has 350 valence electrons. The van der Waals surface area contributed by atoms with Crippen molar-refractivity contribution in [3.05, 3.63) is 174 Å². The number of hydrogen-bond acceptors (Lipinski definition) is 3. The van der Waals surface area contributed by atoms with Crippen LogP contribution < -0.4 is 31.1 Å². The molecule has 3 nitrogen and oxygen atoms in total. The molecule has 0 saturated heterocycles. The Hall–Kier alpha value is -6.00. The number of anilines is 8. The Morgan fingerprint density at radius 3 is 1.72 bits per heavy atom. The smallest absolute Gasteiger partial charge is 0.252 e. The van der Waals surface area contributed by atoms with Crippen LogP contribution in [0.5, 0.6) is 0 Å². The van der Waals surface area contributed by atoms with E-state index >= 15 is 0 Å². The van der Waals surface area contributed by atoms with Crippen molar-refractivity contribution in [2.45, 2.75) is 143 Å². The van der Waals surface area contributed by atoms with Gasteiger partial charge in [-0.3, -0.25) is 0 Å². The molecule has 1 aliphatic carbocycles. The van der Waals surface area contributed by atoms with Gasteiger partial charge in [0.05, 0.1) is 5.69 Å². The van der Waals surface area contributed by atoms with Gasteiger partial charge in [-0.2, -0.15) is 0 Å². The number of fused-ring (bicyclic) bond motifs is 6. The fourth-order valence-electron chi connectivity index (χ4n) is 13.2. The van der Waals surface area contributed by atoms with E-state index in [9.17, 15) is 0 Å². The van der Waals surface area contributed by atoms with E-state index in [0.29, 0.717) is 0 Å². The molecular formula is C65H72BN3. The summed E-state index contributed by atoms with van der Waals surface area (Å²) >= 11 is 0. The van der Waals surface area contributed by atoms with Gasteiger partial charge in [0.2, 0.25) is 0 Å². The van der Waals surface area contributed by atoms with Crippen molar-refractivity contribution >= 4 is 68.6 Å². The van der Waals surface area contributed by atoms with Gasteiger partial charge in [0.15, 0.2) is 0 Å². The molecule has 3 heterocycles. The summed E-state index contributed by atoms with van der Waals surface area (Å²) in [5, 5.41) is 0. The van der Waals surface area contributed by atoms with Gasteiger partial charge in [-0.05, 0) is 140 Å². The molecule has 7 aromatic rings. The van der Waals surface area contributed by atoms with Crippen LogP contribution in [0.15, 0.2) is 152 Å². The van der Waals surface area contributed by atoms with Crippen LogP contribution in [0, 0.1) is 5.41 Å². The fourth-order valence-corrected chi connectivity index (χ4v) is 13.2. The first-order chi connectivity index (χ1) is 32.6. The van der Waals surface area contributed by atoms with E-state index in [2.05, 4.69) is 256 Å². The quantitative estimate of drug-likeness (QED) is 0.163. The summed E-state index contributed by atoms with van der Waals surface area (Å²) < 4.78 is 0. The first-order valence-electron chi connectivity index (χ1n) is 25.9. The third-order valence-electron chi connectivity index (χ3n) is 17.7. The molecule has 69 heavy (non-hydrogen) atoms. The molecule has 4 aliphatic rings. The average Bonchev–Trinajstić information content (AvgIpc) is 3.31. The molecule has 11 rings (SSSR count). The lowest BCUT2D eigenvalue weighted by molar-refractivity contribution is 0.0106. The van der Waals surface area contributed by atoms with Crippen LogP contribution in [-0.4, -0.2) is 12.3 Å². The Morgan fingerprint density at radius 1 is 0.435 bits per heavy atom. The van der Waals surface area contributed by atoms with E-state index < -0.39 is 0 Å². The van der Waals surface area contributed by atoms with Crippen LogP contribution in [-0.2, 0) is 21.7 Å². The molecule has 3 aliphatic heterocycles. The third kappa shape index (κ3) is 6.81. The second kappa shape index (κ2) is 15.5. The highest BCUT2D eigenvalue weighted by atomic mass is 15.3. The lowest BCUT2D eigenvalue weighted by Gasteiger charge is -2.66. The van der Waals surface area contributed by atoms with Gasteiger partial charge in [0, 0.05) is 56.3 Å². The maximum atomic E-state index is 2.84. The first kappa shape index (κ1) is 45.4. The Labute approximate surface area is 414 Å². The molecule has 1 saturated carbocycles. The van der Waals surface area contributed by atoms with E-state index in [-0.39, 0.29) is 39.3 Å². The van der Waals surface area contributed by atoms with Crippen molar-refractivity contribution in [3.8, 4) is 11.1 Å². The zero-order valence-corrected chi connectivity index (χ0v) is 43.7. The second-order valence-electron chi connectivity index (χ2n) is 25.0. The van der Waals surface area contributed by atoms with Gasteiger partial charge < -0.3 is 14.7 Å². The van der Waals surface area contributed by atoms with Crippen LogP contribution in [0.1, 0.15) is 138 Å². The molecule has 0 bridgehead atoms. The van der Waals surface area contributed by atoms with E-state index in [0.717, 1.165) is 6.42 Å². The van der Waals surface area contributed by atoms with Crippen LogP contribution in [0.4, 0.5) is 45.5 Å². The molecule has 0 amide bonds. The van der Waals surface area contributed by atoms with Gasteiger partial charge >= 0.3 is 0 Å². The van der Waals surface area contributed by atoms with Crippen molar-refractivity contribution in [2.75, 3.05) is 14.7 Å². The Balaban J connectivity index is 1.30. The summed E-state index contributed by atoms with van der Waals surface area (Å²) in [6.45, 7) is 31.4. The summed E-state index contributed by atoms with van der Waals surface area (Å²) in [4.78, 5) is 8.15.